The van der Waals surface area contributed by atoms with Crippen molar-refractivity contribution < 1.29 is 9.53 Å². The summed E-state index contributed by atoms with van der Waals surface area (Å²) in [5, 5.41) is 7.59. The molecule has 0 radical (unpaired) electrons. The molecule has 0 bridgehead atoms. The highest BCUT2D eigenvalue weighted by Crippen LogP contribution is 2.42. The van der Waals surface area contributed by atoms with Crippen molar-refractivity contribution >= 4 is 5.91 Å². The maximum atomic E-state index is 12.5. The molecule has 2 aliphatic carbocycles. The lowest BCUT2D eigenvalue weighted by Crippen LogP contribution is -2.28. The summed E-state index contributed by atoms with van der Waals surface area (Å²) in [5.74, 6) is 1.81. The highest BCUT2D eigenvalue weighted by Gasteiger charge is 2.40. The molecular weight excluding hydrogens is 290 g/mol. The van der Waals surface area contributed by atoms with Crippen LogP contribution in [0.1, 0.15) is 52.8 Å². The van der Waals surface area contributed by atoms with Crippen LogP contribution in [0.15, 0.2) is 30.3 Å². The molecule has 1 amide bonds. The number of nitrogens with one attached hydrogen (secondary N) is 1. The molecule has 2 fully saturated rings. The third-order valence-corrected chi connectivity index (χ3v) is 4.78. The van der Waals surface area contributed by atoms with Gasteiger partial charge in [-0.1, -0.05) is 12.1 Å². The molecule has 23 heavy (non-hydrogen) atoms. The fourth-order valence-corrected chi connectivity index (χ4v) is 3.10. The highest BCUT2D eigenvalue weighted by molar-refractivity contribution is 5.93. The number of hydrogen-bond donors (Lipinski definition) is 1. The second-order valence-electron chi connectivity index (χ2n) is 6.55. The standard InChI is InChI=1S/C18H21N3O2/c1-21-17(10-15(20-21)12-3-4-12)18(22)19-16-9-14(16)11-5-7-13(23-2)8-6-11/h5-8,10,12,14,16H,3-4,9H2,1-2H3,(H,19,22)/t14-,16+/m0/s1. The van der Waals surface area contributed by atoms with E-state index in [2.05, 4.69) is 22.5 Å². The van der Waals surface area contributed by atoms with Gasteiger partial charge in [-0.05, 0) is 43.0 Å². The van der Waals surface area contributed by atoms with Gasteiger partial charge in [0.15, 0.2) is 0 Å². The molecule has 4 rings (SSSR count). The molecule has 5 heteroatoms. The smallest absolute Gasteiger partial charge is 0.269 e. The molecule has 0 spiro atoms. The Balaban J connectivity index is 1.40. The van der Waals surface area contributed by atoms with E-state index < -0.39 is 0 Å². The molecule has 5 nitrogen and oxygen atoms in total. The second-order valence-corrected chi connectivity index (χ2v) is 6.55. The Hall–Kier alpha value is -2.30. The number of rotatable bonds is 5. The lowest BCUT2D eigenvalue weighted by Gasteiger charge is -2.06. The Labute approximate surface area is 135 Å². The quantitative estimate of drug-likeness (QED) is 0.923. The highest BCUT2D eigenvalue weighted by atomic mass is 16.5. The van der Waals surface area contributed by atoms with E-state index in [9.17, 15) is 4.79 Å². The zero-order chi connectivity index (χ0) is 16.0. The molecule has 1 aromatic carbocycles. The summed E-state index contributed by atoms with van der Waals surface area (Å²) in [5.41, 5.74) is 2.97. The minimum Gasteiger partial charge on any atom is -0.497 e. The first kappa shape index (κ1) is 14.3. The number of aryl methyl sites for hydroxylation is 1. The van der Waals surface area contributed by atoms with Crippen LogP contribution >= 0.6 is 0 Å². The summed E-state index contributed by atoms with van der Waals surface area (Å²) in [6.07, 6.45) is 3.38. The molecule has 2 aliphatic rings. The van der Waals surface area contributed by atoms with Crippen molar-refractivity contribution in [1.29, 1.82) is 0 Å². The van der Waals surface area contributed by atoms with E-state index in [0.717, 1.165) is 17.9 Å². The van der Waals surface area contributed by atoms with Crippen molar-refractivity contribution in [2.75, 3.05) is 7.11 Å². The van der Waals surface area contributed by atoms with Gasteiger partial charge in [0.2, 0.25) is 0 Å². The van der Waals surface area contributed by atoms with Gasteiger partial charge in [-0.15, -0.1) is 0 Å². The zero-order valence-corrected chi connectivity index (χ0v) is 13.5. The molecule has 1 N–H and O–H groups in total. The molecule has 1 heterocycles. The average Bonchev–Trinajstić information content (AvgIpc) is 3.47. The summed E-state index contributed by atoms with van der Waals surface area (Å²) < 4.78 is 6.88. The Morgan fingerprint density at radius 2 is 2.04 bits per heavy atom. The number of nitrogens with zero attached hydrogens (tertiary/aromatic N) is 2. The SMILES string of the molecule is COc1ccc([C@@H]2C[C@H]2NC(=O)c2cc(C3CC3)nn2C)cc1. The maximum absolute atomic E-state index is 12.5. The van der Waals surface area contributed by atoms with Crippen molar-refractivity contribution in [3.63, 3.8) is 0 Å². The Morgan fingerprint density at radius 1 is 1.30 bits per heavy atom. The van der Waals surface area contributed by atoms with Gasteiger partial charge in [-0.3, -0.25) is 9.48 Å². The van der Waals surface area contributed by atoms with Crippen LogP contribution < -0.4 is 10.1 Å². The van der Waals surface area contributed by atoms with Crippen LogP contribution in [0.5, 0.6) is 5.75 Å². The van der Waals surface area contributed by atoms with Gasteiger partial charge >= 0.3 is 0 Å². The fraction of sp³-hybridized carbons (Fsp3) is 0.444. The predicted molar refractivity (Wildman–Crippen MR) is 86.8 cm³/mol. The van der Waals surface area contributed by atoms with E-state index in [-0.39, 0.29) is 11.9 Å². The number of carbonyl (C=O) groups is 1. The van der Waals surface area contributed by atoms with Crippen molar-refractivity contribution in [1.82, 2.24) is 15.1 Å². The number of benzene rings is 1. The fourth-order valence-electron chi connectivity index (χ4n) is 3.10. The van der Waals surface area contributed by atoms with Crippen LogP contribution in [0.25, 0.3) is 0 Å². The van der Waals surface area contributed by atoms with Gasteiger partial charge < -0.3 is 10.1 Å². The Morgan fingerprint density at radius 3 is 2.70 bits per heavy atom. The summed E-state index contributed by atoms with van der Waals surface area (Å²) in [6, 6.07) is 10.2. The molecule has 0 unspecified atom stereocenters. The minimum atomic E-state index is -0.0205. The number of methoxy groups -OCH3 is 1. The van der Waals surface area contributed by atoms with Gasteiger partial charge in [0, 0.05) is 24.9 Å². The molecule has 0 saturated heterocycles. The van der Waals surface area contributed by atoms with E-state index in [1.165, 1.54) is 18.4 Å². The van der Waals surface area contributed by atoms with Gasteiger partial charge in [0.25, 0.3) is 5.91 Å². The van der Waals surface area contributed by atoms with Gasteiger partial charge in [0.1, 0.15) is 11.4 Å². The summed E-state index contributed by atoms with van der Waals surface area (Å²) >= 11 is 0. The minimum absolute atomic E-state index is 0.0205. The van der Waals surface area contributed by atoms with Crippen LogP contribution in [0, 0.1) is 0 Å². The molecule has 120 valence electrons. The molecule has 1 aromatic heterocycles. The molecule has 2 atom stereocenters. The van der Waals surface area contributed by atoms with Crippen molar-refractivity contribution in [3.8, 4) is 5.75 Å². The monoisotopic (exact) mass is 311 g/mol. The zero-order valence-electron chi connectivity index (χ0n) is 13.5. The van der Waals surface area contributed by atoms with Crippen LogP contribution in [-0.2, 0) is 7.05 Å². The third kappa shape index (κ3) is 2.83. The first-order valence-corrected chi connectivity index (χ1v) is 8.14. The van der Waals surface area contributed by atoms with Crippen LogP contribution in [-0.4, -0.2) is 28.8 Å². The predicted octanol–water partition coefficient (Wildman–Crippen LogP) is 2.59. The first-order chi connectivity index (χ1) is 11.2. The maximum Gasteiger partial charge on any atom is 0.269 e. The van der Waals surface area contributed by atoms with Gasteiger partial charge in [-0.2, -0.15) is 5.10 Å². The molecule has 2 aromatic rings. The number of hydrogen-bond acceptors (Lipinski definition) is 3. The lowest BCUT2D eigenvalue weighted by atomic mass is 10.1. The van der Waals surface area contributed by atoms with E-state index in [4.69, 9.17) is 4.74 Å². The lowest BCUT2D eigenvalue weighted by molar-refractivity contribution is 0.0941. The molecule has 0 aliphatic heterocycles. The molecular formula is C18H21N3O2. The number of aromatic nitrogens is 2. The summed E-state index contributed by atoms with van der Waals surface area (Å²) in [6.45, 7) is 0. The van der Waals surface area contributed by atoms with Gasteiger partial charge in [0.05, 0.1) is 12.8 Å². The number of carbonyl (C=O) groups excluding carboxylic acids is 1. The van der Waals surface area contributed by atoms with E-state index in [1.807, 2.05) is 25.2 Å². The van der Waals surface area contributed by atoms with E-state index in [1.54, 1.807) is 11.8 Å². The van der Waals surface area contributed by atoms with Crippen LogP contribution in [0.3, 0.4) is 0 Å². The van der Waals surface area contributed by atoms with Crippen LogP contribution in [0.4, 0.5) is 0 Å². The van der Waals surface area contributed by atoms with Gasteiger partial charge in [-0.25, -0.2) is 0 Å². The topological polar surface area (TPSA) is 56.1 Å². The molecule has 2 saturated carbocycles. The summed E-state index contributed by atoms with van der Waals surface area (Å²) in [4.78, 5) is 12.5. The van der Waals surface area contributed by atoms with Crippen LogP contribution in [0.2, 0.25) is 0 Å². The largest absolute Gasteiger partial charge is 0.497 e. The Kier molecular flexibility index (Phi) is 3.36. The average molecular weight is 311 g/mol. The number of ether oxygens (including phenoxy) is 1. The van der Waals surface area contributed by atoms with Crippen molar-refractivity contribution in [3.05, 3.63) is 47.3 Å². The number of amides is 1. The van der Waals surface area contributed by atoms with Crippen molar-refractivity contribution in [2.24, 2.45) is 7.05 Å². The Bertz CT molecular complexity index is 731. The van der Waals surface area contributed by atoms with E-state index >= 15 is 0 Å². The third-order valence-electron chi connectivity index (χ3n) is 4.78. The van der Waals surface area contributed by atoms with E-state index in [0.29, 0.717) is 17.5 Å². The van der Waals surface area contributed by atoms with Crippen molar-refractivity contribution in [2.45, 2.75) is 37.1 Å². The first-order valence-electron chi connectivity index (χ1n) is 8.14. The second kappa shape index (κ2) is 5.41. The summed E-state index contributed by atoms with van der Waals surface area (Å²) in [7, 11) is 3.51. The normalized spacial score (nSPS) is 22.7.